The number of carbonyl (C=O) groups is 1. The first kappa shape index (κ1) is 20.5. The zero-order valence-corrected chi connectivity index (χ0v) is 17.1. The molecule has 0 aliphatic rings. The molecule has 0 saturated carbocycles. The molecule has 7 heteroatoms. The second kappa shape index (κ2) is 8.05. The summed E-state index contributed by atoms with van der Waals surface area (Å²) in [6, 6.07) is 18.5. The van der Waals surface area contributed by atoms with E-state index in [2.05, 4.69) is 5.32 Å². The van der Waals surface area contributed by atoms with E-state index in [0.29, 0.717) is 0 Å². The van der Waals surface area contributed by atoms with Crippen molar-refractivity contribution in [2.24, 2.45) is 0 Å². The lowest BCUT2D eigenvalue weighted by atomic mass is 10.0. The van der Waals surface area contributed by atoms with E-state index in [-0.39, 0.29) is 16.9 Å². The fraction of sp³-hybridized carbons (Fsp3) is 0.136. The van der Waals surface area contributed by atoms with Gasteiger partial charge in [-0.2, -0.15) is 0 Å². The molecule has 0 aromatic heterocycles. The van der Waals surface area contributed by atoms with Crippen LogP contribution < -0.4 is 9.62 Å². The van der Waals surface area contributed by atoms with Crippen LogP contribution >= 0.6 is 0 Å². The Bertz CT molecular complexity index is 1160. The zero-order valence-electron chi connectivity index (χ0n) is 16.3. The molecule has 3 aromatic carbocycles. The third-order valence-electron chi connectivity index (χ3n) is 4.58. The summed E-state index contributed by atoms with van der Waals surface area (Å²) in [7, 11) is -2.16. The molecule has 0 aliphatic carbocycles. The fourth-order valence-electron chi connectivity index (χ4n) is 2.85. The van der Waals surface area contributed by atoms with Crippen LogP contribution in [0.1, 0.15) is 15.9 Å². The number of carbonyl (C=O) groups excluding carboxylic acids is 1. The molecule has 1 amide bonds. The van der Waals surface area contributed by atoms with E-state index in [0.717, 1.165) is 27.3 Å². The van der Waals surface area contributed by atoms with Gasteiger partial charge in [-0.1, -0.05) is 48.0 Å². The van der Waals surface area contributed by atoms with Gasteiger partial charge in [-0.25, -0.2) is 12.8 Å². The van der Waals surface area contributed by atoms with Gasteiger partial charge >= 0.3 is 0 Å². The summed E-state index contributed by atoms with van der Waals surface area (Å²) >= 11 is 0. The van der Waals surface area contributed by atoms with E-state index in [1.165, 1.54) is 25.2 Å². The summed E-state index contributed by atoms with van der Waals surface area (Å²) in [5.41, 5.74) is 3.23. The maximum absolute atomic E-state index is 14.0. The summed E-state index contributed by atoms with van der Waals surface area (Å²) in [4.78, 5) is 12.6. The number of nitrogens with zero attached hydrogens (tertiary/aromatic N) is 1. The Kier molecular flexibility index (Phi) is 5.70. The van der Waals surface area contributed by atoms with Gasteiger partial charge in [-0.3, -0.25) is 9.10 Å². The minimum atomic E-state index is -3.56. The first-order chi connectivity index (χ1) is 13.7. The van der Waals surface area contributed by atoms with Crippen molar-refractivity contribution in [3.05, 3.63) is 83.7 Å². The zero-order chi connectivity index (χ0) is 21.2. The minimum absolute atomic E-state index is 0.124. The number of amides is 1. The van der Waals surface area contributed by atoms with Gasteiger partial charge in [0, 0.05) is 7.05 Å². The Morgan fingerprint density at radius 1 is 0.966 bits per heavy atom. The van der Waals surface area contributed by atoms with Crippen molar-refractivity contribution in [2.75, 3.05) is 22.9 Å². The standard InChI is InChI=1S/C22H21FN2O3S/c1-15-8-10-16(11-9-15)17-12-13-21(25(2)29(3,27)28)20(14-17)24-22(26)18-6-4-5-7-19(18)23/h4-14H,1-3H3,(H,24,26). The molecule has 3 rings (SSSR count). The molecule has 0 saturated heterocycles. The molecule has 29 heavy (non-hydrogen) atoms. The summed E-state index contributed by atoms with van der Waals surface area (Å²) in [5, 5.41) is 2.66. The first-order valence-corrected chi connectivity index (χ1v) is 10.7. The molecule has 0 aliphatic heterocycles. The lowest BCUT2D eigenvalue weighted by Crippen LogP contribution is -2.26. The van der Waals surface area contributed by atoms with Gasteiger partial charge in [0.1, 0.15) is 5.82 Å². The second-order valence-electron chi connectivity index (χ2n) is 6.76. The highest BCUT2D eigenvalue weighted by molar-refractivity contribution is 7.92. The van der Waals surface area contributed by atoms with Crippen molar-refractivity contribution in [1.29, 1.82) is 0 Å². The monoisotopic (exact) mass is 412 g/mol. The Balaban J connectivity index is 2.07. The van der Waals surface area contributed by atoms with E-state index < -0.39 is 21.7 Å². The number of rotatable bonds is 5. The molecule has 0 unspecified atom stereocenters. The van der Waals surface area contributed by atoms with Crippen LogP contribution in [0.2, 0.25) is 0 Å². The predicted octanol–water partition coefficient (Wildman–Crippen LogP) is 4.45. The average Bonchev–Trinajstić information content (AvgIpc) is 2.67. The smallest absolute Gasteiger partial charge is 0.258 e. The molecule has 0 heterocycles. The van der Waals surface area contributed by atoms with Crippen molar-refractivity contribution >= 4 is 27.3 Å². The summed E-state index contributed by atoms with van der Waals surface area (Å²) in [6.45, 7) is 1.98. The highest BCUT2D eigenvalue weighted by Gasteiger charge is 2.19. The van der Waals surface area contributed by atoms with Gasteiger partial charge < -0.3 is 5.32 Å². The maximum Gasteiger partial charge on any atom is 0.258 e. The molecule has 0 spiro atoms. The van der Waals surface area contributed by atoms with Gasteiger partial charge in [0.05, 0.1) is 23.2 Å². The van der Waals surface area contributed by atoms with Gasteiger partial charge in [0.25, 0.3) is 5.91 Å². The highest BCUT2D eigenvalue weighted by atomic mass is 32.2. The van der Waals surface area contributed by atoms with Crippen molar-refractivity contribution in [1.82, 2.24) is 0 Å². The SMILES string of the molecule is Cc1ccc(-c2ccc(N(C)S(C)(=O)=O)c(NC(=O)c3ccccc3F)c2)cc1. The average molecular weight is 412 g/mol. The van der Waals surface area contributed by atoms with E-state index in [1.807, 2.05) is 31.2 Å². The Hall–Kier alpha value is -3.19. The number of nitrogens with one attached hydrogen (secondary N) is 1. The number of sulfonamides is 1. The lowest BCUT2D eigenvalue weighted by molar-refractivity contribution is 0.102. The number of halogens is 1. The van der Waals surface area contributed by atoms with Gasteiger partial charge in [-0.15, -0.1) is 0 Å². The number of anilines is 2. The minimum Gasteiger partial charge on any atom is -0.320 e. The molecular weight excluding hydrogens is 391 g/mol. The molecular formula is C22H21FN2O3S. The van der Waals surface area contributed by atoms with Crippen molar-refractivity contribution in [3.8, 4) is 11.1 Å². The van der Waals surface area contributed by atoms with Gasteiger partial charge in [0.2, 0.25) is 10.0 Å². The molecule has 1 N–H and O–H groups in total. The summed E-state index contributed by atoms with van der Waals surface area (Å²) in [5.74, 6) is -1.31. The van der Waals surface area contributed by atoms with Crippen LogP contribution in [0.5, 0.6) is 0 Å². The summed E-state index contributed by atoms with van der Waals surface area (Å²) < 4.78 is 39.2. The number of benzene rings is 3. The molecule has 0 fully saturated rings. The van der Waals surface area contributed by atoms with Crippen LogP contribution in [0.15, 0.2) is 66.7 Å². The number of hydrogen-bond acceptors (Lipinski definition) is 3. The Morgan fingerprint density at radius 2 is 1.59 bits per heavy atom. The molecule has 0 bridgehead atoms. The van der Waals surface area contributed by atoms with Crippen LogP contribution in [0.3, 0.4) is 0 Å². The van der Waals surface area contributed by atoms with E-state index in [4.69, 9.17) is 0 Å². The fourth-order valence-corrected chi connectivity index (χ4v) is 3.37. The second-order valence-corrected chi connectivity index (χ2v) is 8.78. The molecule has 150 valence electrons. The van der Waals surface area contributed by atoms with Crippen LogP contribution in [-0.2, 0) is 10.0 Å². The van der Waals surface area contributed by atoms with E-state index in [1.54, 1.807) is 24.3 Å². The normalized spacial score (nSPS) is 11.2. The number of aryl methyl sites for hydroxylation is 1. The van der Waals surface area contributed by atoms with Crippen LogP contribution in [0.25, 0.3) is 11.1 Å². The molecule has 5 nitrogen and oxygen atoms in total. The molecule has 0 atom stereocenters. The van der Waals surface area contributed by atoms with E-state index >= 15 is 0 Å². The largest absolute Gasteiger partial charge is 0.320 e. The van der Waals surface area contributed by atoms with Crippen molar-refractivity contribution in [2.45, 2.75) is 6.92 Å². The van der Waals surface area contributed by atoms with Crippen LogP contribution in [0, 0.1) is 12.7 Å². The molecule has 3 aromatic rings. The van der Waals surface area contributed by atoms with E-state index in [9.17, 15) is 17.6 Å². The summed E-state index contributed by atoms with van der Waals surface area (Å²) in [6.07, 6.45) is 1.07. The van der Waals surface area contributed by atoms with Gasteiger partial charge in [0.15, 0.2) is 0 Å². The predicted molar refractivity (Wildman–Crippen MR) is 114 cm³/mol. The van der Waals surface area contributed by atoms with Crippen LogP contribution in [0.4, 0.5) is 15.8 Å². The number of hydrogen-bond donors (Lipinski definition) is 1. The first-order valence-electron chi connectivity index (χ1n) is 8.87. The Morgan fingerprint density at radius 3 is 2.21 bits per heavy atom. The third kappa shape index (κ3) is 4.63. The third-order valence-corrected chi connectivity index (χ3v) is 5.78. The van der Waals surface area contributed by atoms with Gasteiger partial charge in [-0.05, 0) is 42.3 Å². The van der Waals surface area contributed by atoms with Crippen molar-refractivity contribution < 1.29 is 17.6 Å². The van der Waals surface area contributed by atoms with Crippen molar-refractivity contribution in [3.63, 3.8) is 0 Å². The molecule has 0 radical (unpaired) electrons. The highest BCUT2D eigenvalue weighted by Crippen LogP contribution is 2.33. The topological polar surface area (TPSA) is 66.5 Å². The van der Waals surface area contributed by atoms with Crippen LogP contribution in [-0.4, -0.2) is 27.6 Å². The Labute approximate surface area is 169 Å². The quantitative estimate of drug-likeness (QED) is 0.673. The lowest BCUT2D eigenvalue weighted by Gasteiger charge is -2.21. The maximum atomic E-state index is 14.0.